The molecule has 1 rings (SSSR count). The molecule has 4 nitrogen and oxygen atoms in total. The number of carbonyl (C=O) groups is 1. The van der Waals surface area contributed by atoms with Crippen molar-refractivity contribution in [1.29, 1.82) is 0 Å². The Labute approximate surface area is 84.5 Å². The Morgan fingerprint density at radius 1 is 1.50 bits per heavy atom. The molecule has 1 heterocycles. The summed E-state index contributed by atoms with van der Waals surface area (Å²) < 4.78 is 12.1. The first-order valence-electron chi connectivity index (χ1n) is 5.08. The summed E-state index contributed by atoms with van der Waals surface area (Å²) in [6, 6.07) is 0. The molecule has 0 aliphatic carbocycles. The minimum atomic E-state index is -0.177. The summed E-state index contributed by atoms with van der Waals surface area (Å²) in [5, 5.41) is 0. The van der Waals surface area contributed by atoms with Crippen LogP contribution in [0, 0.1) is 0 Å². The fourth-order valence-electron chi connectivity index (χ4n) is 1.62. The summed E-state index contributed by atoms with van der Waals surface area (Å²) in [6.45, 7) is 3.46. The molecule has 0 N–H and O–H groups in total. The van der Waals surface area contributed by atoms with E-state index in [0.717, 1.165) is 31.7 Å². The lowest BCUT2D eigenvalue weighted by Crippen LogP contribution is -2.33. The van der Waals surface area contributed by atoms with Crippen LogP contribution in [0.3, 0.4) is 0 Å². The molecule has 0 unspecified atom stereocenters. The van der Waals surface area contributed by atoms with Crippen molar-refractivity contribution >= 4 is 11.9 Å². The highest BCUT2D eigenvalue weighted by atomic mass is 16.5. The normalized spacial score (nSPS) is 16.7. The van der Waals surface area contributed by atoms with Gasteiger partial charge in [0.05, 0.1) is 20.1 Å². The van der Waals surface area contributed by atoms with Crippen molar-refractivity contribution in [1.82, 2.24) is 0 Å². The van der Waals surface area contributed by atoms with Gasteiger partial charge in [-0.15, -0.1) is 0 Å². The Bertz CT molecular complexity index is 236. The molecule has 0 radical (unpaired) electrons. The second kappa shape index (κ2) is 5.62. The fourth-order valence-corrected chi connectivity index (χ4v) is 1.62. The van der Waals surface area contributed by atoms with Gasteiger partial charge in [0.15, 0.2) is 0 Å². The van der Waals surface area contributed by atoms with Gasteiger partial charge in [0.2, 0.25) is 6.54 Å². The molecule has 1 aliphatic heterocycles. The van der Waals surface area contributed by atoms with Gasteiger partial charge >= 0.3 is 11.9 Å². The van der Waals surface area contributed by atoms with Crippen molar-refractivity contribution in [2.45, 2.75) is 26.2 Å². The molecular formula is C10H18NO3+. The number of nitrogens with zero attached hydrogens (tertiary/aromatic N) is 1. The van der Waals surface area contributed by atoms with E-state index in [2.05, 4.69) is 0 Å². The molecule has 4 heteroatoms. The molecule has 0 aromatic heterocycles. The highest BCUT2D eigenvalue weighted by molar-refractivity contribution is 5.74. The summed E-state index contributed by atoms with van der Waals surface area (Å²) in [5.74, 6) is 0.730. The maximum atomic E-state index is 11.2. The second-order valence-electron chi connectivity index (χ2n) is 3.28. The Morgan fingerprint density at radius 3 is 2.93 bits per heavy atom. The SMILES string of the molecule is CCOC(=O)C[N+]1=C(OC)CCCC1. The van der Waals surface area contributed by atoms with Gasteiger partial charge in [-0.1, -0.05) is 0 Å². The Kier molecular flexibility index (Phi) is 4.43. The third-order valence-electron chi connectivity index (χ3n) is 2.28. The van der Waals surface area contributed by atoms with Crippen molar-refractivity contribution in [2.75, 3.05) is 26.8 Å². The lowest BCUT2D eigenvalue weighted by atomic mass is 10.2. The molecule has 14 heavy (non-hydrogen) atoms. The van der Waals surface area contributed by atoms with Crippen molar-refractivity contribution in [3.05, 3.63) is 0 Å². The van der Waals surface area contributed by atoms with Crippen LogP contribution < -0.4 is 0 Å². The van der Waals surface area contributed by atoms with Gasteiger partial charge in [-0.25, -0.2) is 4.79 Å². The number of hydrogen-bond acceptors (Lipinski definition) is 3. The predicted octanol–water partition coefficient (Wildman–Crippen LogP) is 0.791. The van der Waals surface area contributed by atoms with Crippen molar-refractivity contribution < 1.29 is 18.8 Å². The van der Waals surface area contributed by atoms with E-state index in [-0.39, 0.29) is 5.97 Å². The van der Waals surface area contributed by atoms with E-state index in [4.69, 9.17) is 9.47 Å². The largest absolute Gasteiger partial charge is 0.461 e. The van der Waals surface area contributed by atoms with Crippen molar-refractivity contribution in [2.24, 2.45) is 0 Å². The molecule has 0 atom stereocenters. The third kappa shape index (κ3) is 3.01. The van der Waals surface area contributed by atoms with Crippen LogP contribution in [-0.4, -0.2) is 43.2 Å². The second-order valence-corrected chi connectivity index (χ2v) is 3.28. The van der Waals surface area contributed by atoms with Crippen LogP contribution in [-0.2, 0) is 14.3 Å². The number of hydrogen-bond donors (Lipinski definition) is 0. The molecule has 0 bridgehead atoms. The first-order valence-corrected chi connectivity index (χ1v) is 5.08. The molecule has 80 valence electrons. The molecule has 0 aromatic carbocycles. The third-order valence-corrected chi connectivity index (χ3v) is 2.28. The number of methoxy groups -OCH3 is 1. The van der Waals surface area contributed by atoms with Crippen molar-refractivity contribution in [3.63, 3.8) is 0 Å². The maximum absolute atomic E-state index is 11.2. The van der Waals surface area contributed by atoms with E-state index in [9.17, 15) is 4.79 Å². The quantitative estimate of drug-likeness (QED) is 0.499. The molecular weight excluding hydrogens is 182 g/mol. The molecule has 0 amide bonds. The summed E-state index contributed by atoms with van der Waals surface area (Å²) >= 11 is 0. The number of esters is 1. The summed E-state index contributed by atoms with van der Waals surface area (Å²) in [7, 11) is 1.65. The topological polar surface area (TPSA) is 38.5 Å². The highest BCUT2D eigenvalue weighted by Gasteiger charge is 2.23. The minimum Gasteiger partial charge on any atom is -0.461 e. The van der Waals surface area contributed by atoms with Gasteiger partial charge in [-0.3, -0.25) is 0 Å². The highest BCUT2D eigenvalue weighted by Crippen LogP contribution is 2.06. The summed E-state index contributed by atoms with van der Waals surface area (Å²) in [4.78, 5) is 11.2. The monoisotopic (exact) mass is 200 g/mol. The number of rotatable bonds is 3. The van der Waals surface area contributed by atoms with Crippen LogP contribution in [0.25, 0.3) is 0 Å². The molecule has 0 saturated heterocycles. The Balaban J connectivity index is 2.55. The minimum absolute atomic E-state index is 0.177. The van der Waals surface area contributed by atoms with Gasteiger partial charge in [-0.05, 0) is 13.3 Å². The van der Waals surface area contributed by atoms with Crippen LogP contribution in [0.4, 0.5) is 0 Å². The summed E-state index contributed by atoms with van der Waals surface area (Å²) in [5.41, 5.74) is 0. The smallest absolute Gasteiger partial charge is 0.372 e. The Morgan fingerprint density at radius 2 is 2.29 bits per heavy atom. The van der Waals surface area contributed by atoms with Gasteiger partial charge < -0.3 is 9.47 Å². The van der Waals surface area contributed by atoms with Crippen LogP contribution in [0.1, 0.15) is 26.2 Å². The fraction of sp³-hybridized carbons (Fsp3) is 0.800. The van der Waals surface area contributed by atoms with E-state index in [0.29, 0.717) is 13.2 Å². The lowest BCUT2D eigenvalue weighted by molar-refractivity contribution is -0.532. The predicted molar refractivity (Wildman–Crippen MR) is 52.5 cm³/mol. The van der Waals surface area contributed by atoms with E-state index in [1.54, 1.807) is 7.11 Å². The zero-order valence-electron chi connectivity index (χ0n) is 8.91. The van der Waals surface area contributed by atoms with E-state index < -0.39 is 0 Å². The first kappa shape index (κ1) is 11.0. The van der Waals surface area contributed by atoms with Gasteiger partial charge in [0.25, 0.3) is 0 Å². The molecule has 1 aliphatic rings. The maximum Gasteiger partial charge on any atom is 0.372 e. The van der Waals surface area contributed by atoms with E-state index in [1.165, 1.54) is 0 Å². The average molecular weight is 200 g/mol. The first-order chi connectivity index (χ1) is 6.77. The van der Waals surface area contributed by atoms with Crippen LogP contribution in [0.2, 0.25) is 0 Å². The van der Waals surface area contributed by atoms with Crippen LogP contribution >= 0.6 is 0 Å². The van der Waals surface area contributed by atoms with E-state index >= 15 is 0 Å². The Hall–Kier alpha value is -1.06. The summed E-state index contributed by atoms with van der Waals surface area (Å²) in [6.07, 6.45) is 3.19. The van der Waals surface area contributed by atoms with Gasteiger partial charge in [0, 0.05) is 6.42 Å². The number of ether oxygens (including phenoxy) is 2. The van der Waals surface area contributed by atoms with E-state index in [1.807, 2.05) is 11.5 Å². The van der Waals surface area contributed by atoms with Gasteiger partial charge in [-0.2, -0.15) is 4.58 Å². The number of carbonyl (C=O) groups excluding carboxylic acids is 1. The van der Waals surface area contributed by atoms with Gasteiger partial charge in [0.1, 0.15) is 6.54 Å². The standard InChI is InChI=1S/C10H18NO3/c1-3-14-10(12)8-11-7-5-4-6-9(11)13-2/h3-8H2,1-2H3/q+1. The molecule has 0 spiro atoms. The zero-order chi connectivity index (χ0) is 10.4. The molecule has 0 aromatic rings. The lowest BCUT2D eigenvalue weighted by Gasteiger charge is -2.12. The van der Waals surface area contributed by atoms with Crippen LogP contribution in [0.15, 0.2) is 0 Å². The average Bonchev–Trinajstić information content (AvgIpc) is 2.19. The zero-order valence-corrected chi connectivity index (χ0v) is 8.91. The van der Waals surface area contributed by atoms with Crippen molar-refractivity contribution in [3.8, 4) is 0 Å². The van der Waals surface area contributed by atoms with Crippen LogP contribution in [0.5, 0.6) is 0 Å². The molecule has 0 saturated carbocycles. The molecule has 0 fully saturated rings.